The monoisotopic (exact) mass is 257 g/mol. The quantitative estimate of drug-likeness (QED) is 0.769. The lowest BCUT2D eigenvalue weighted by atomic mass is 9.88. The molecule has 0 unspecified atom stereocenters. The molecule has 1 amide bonds. The molecule has 0 spiro atoms. The summed E-state index contributed by atoms with van der Waals surface area (Å²) in [6, 6.07) is -0.596. The van der Waals surface area contributed by atoms with Crippen LogP contribution in [-0.2, 0) is 14.3 Å². The minimum Gasteiger partial charge on any atom is -0.464 e. The first kappa shape index (κ1) is 14.8. The Morgan fingerprint density at radius 1 is 1.44 bits per heavy atom. The van der Waals surface area contributed by atoms with Crippen molar-refractivity contribution in [2.75, 3.05) is 6.61 Å². The summed E-state index contributed by atoms with van der Waals surface area (Å²) in [6.45, 7) is 9.93. The first-order valence-corrected chi connectivity index (χ1v) is 6.35. The number of esters is 1. The fraction of sp³-hybridized carbons (Fsp3) is 0.846. The summed E-state index contributed by atoms with van der Waals surface area (Å²) in [7, 11) is 0. The van der Waals surface area contributed by atoms with Gasteiger partial charge in [0.15, 0.2) is 0 Å². The van der Waals surface area contributed by atoms with Crippen LogP contribution in [0.5, 0.6) is 0 Å². The zero-order chi connectivity index (χ0) is 13.9. The molecule has 1 N–H and O–H groups in total. The third-order valence-corrected chi connectivity index (χ3v) is 2.90. The predicted molar refractivity (Wildman–Crippen MR) is 67.1 cm³/mol. The number of ether oxygens (including phenoxy) is 2. The van der Waals surface area contributed by atoms with Gasteiger partial charge in [-0.25, -0.2) is 9.59 Å². The summed E-state index contributed by atoms with van der Waals surface area (Å²) < 4.78 is 10.2. The number of carbonyl (C=O) groups is 2. The Balaban J connectivity index is 2.54. The second-order valence-electron chi connectivity index (χ2n) is 6.07. The van der Waals surface area contributed by atoms with Crippen LogP contribution in [0.15, 0.2) is 0 Å². The predicted octanol–water partition coefficient (Wildman–Crippen LogP) is 2.10. The van der Waals surface area contributed by atoms with Crippen molar-refractivity contribution < 1.29 is 19.1 Å². The first-order valence-electron chi connectivity index (χ1n) is 6.35. The van der Waals surface area contributed by atoms with Crippen molar-refractivity contribution in [1.82, 2.24) is 5.32 Å². The molecule has 0 radical (unpaired) electrons. The van der Waals surface area contributed by atoms with Crippen LogP contribution in [0.25, 0.3) is 0 Å². The topological polar surface area (TPSA) is 64.6 Å². The summed E-state index contributed by atoms with van der Waals surface area (Å²) in [5.41, 5.74) is -0.569. The highest BCUT2D eigenvalue weighted by Crippen LogP contribution is 2.23. The lowest BCUT2D eigenvalue weighted by molar-refractivity contribution is -0.153. The number of cyclic esters (lactones) is 1. The number of carbonyl (C=O) groups excluding carboxylic acids is 2. The molecule has 0 aromatic heterocycles. The normalized spacial score (nSPS) is 24.7. The van der Waals surface area contributed by atoms with Gasteiger partial charge < -0.3 is 14.8 Å². The van der Waals surface area contributed by atoms with E-state index < -0.39 is 17.7 Å². The molecule has 0 aliphatic carbocycles. The lowest BCUT2D eigenvalue weighted by Gasteiger charge is -2.31. The van der Waals surface area contributed by atoms with Gasteiger partial charge in [0.25, 0.3) is 0 Å². The van der Waals surface area contributed by atoms with Crippen LogP contribution in [-0.4, -0.2) is 30.3 Å². The fourth-order valence-corrected chi connectivity index (χ4v) is 1.79. The Labute approximate surface area is 108 Å². The fourth-order valence-electron chi connectivity index (χ4n) is 1.79. The van der Waals surface area contributed by atoms with Gasteiger partial charge in [0.05, 0.1) is 6.61 Å². The van der Waals surface area contributed by atoms with Crippen LogP contribution in [0, 0.1) is 11.8 Å². The highest BCUT2D eigenvalue weighted by atomic mass is 16.6. The molecule has 1 saturated heterocycles. The van der Waals surface area contributed by atoms with Crippen molar-refractivity contribution in [1.29, 1.82) is 0 Å². The van der Waals surface area contributed by atoms with Crippen molar-refractivity contribution >= 4 is 12.1 Å². The van der Waals surface area contributed by atoms with Crippen LogP contribution in [0.2, 0.25) is 0 Å². The van der Waals surface area contributed by atoms with E-state index in [2.05, 4.69) is 19.2 Å². The molecule has 0 bridgehead atoms. The average molecular weight is 257 g/mol. The molecule has 0 aromatic rings. The Kier molecular flexibility index (Phi) is 4.59. The van der Waals surface area contributed by atoms with E-state index in [-0.39, 0.29) is 11.9 Å². The van der Waals surface area contributed by atoms with E-state index in [1.165, 1.54) is 0 Å². The molecule has 5 heteroatoms. The number of nitrogens with one attached hydrogen (secondary N) is 1. The van der Waals surface area contributed by atoms with Crippen molar-refractivity contribution in [3.05, 3.63) is 0 Å². The van der Waals surface area contributed by atoms with E-state index in [9.17, 15) is 9.59 Å². The zero-order valence-corrected chi connectivity index (χ0v) is 11.8. The Bertz CT molecular complexity index is 319. The summed E-state index contributed by atoms with van der Waals surface area (Å²) >= 11 is 0. The van der Waals surface area contributed by atoms with Gasteiger partial charge in [-0.1, -0.05) is 13.8 Å². The number of hydrogen-bond donors (Lipinski definition) is 1. The molecule has 1 aliphatic heterocycles. The number of hydrogen-bond acceptors (Lipinski definition) is 4. The minimum absolute atomic E-state index is 0.280. The van der Waals surface area contributed by atoms with Crippen LogP contribution in [0.4, 0.5) is 4.79 Å². The van der Waals surface area contributed by atoms with Gasteiger partial charge >= 0.3 is 12.1 Å². The largest absolute Gasteiger partial charge is 0.464 e. The van der Waals surface area contributed by atoms with Crippen LogP contribution in [0.3, 0.4) is 0 Å². The molecule has 5 nitrogen and oxygen atoms in total. The lowest BCUT2D eigenvalue weighted by Crippen LogP contribution is -2.49. The summed E-state index contributed by atoms with van der Waals surface area (Å²) in [5.74, 6) is 0.321. The minimum atomic E-state index is -0.596. The molecule has 2 atom stereocenters. The van der Waals surface area contributed by atoms with E-state index >= 15 is 0 Å². The van der Waals surface area contributed by atoms with E-state index in [1.54, 1.807) is 20.8 Å². The molecule has 1 rings (SSSR count). The molecule has 0 aromatic carbocycles. The Hall–Kier alpha value is -1.26. The third kappa shape index (κ3) is 4.55. The second-order valence-corrected chi connectivity index (χ2v) is 6.07. The summed E-state index contributed by atoms with van der Waals surface area (Å²) in [6.07, 6.45) is 0.0318. The third-order valence-electron chi connectivity index (χ3n) is 2.90. The molecule has 18 heavy (non-hydrogen) atoms. The molecule has 0 saturated carbocycles. The Morgan fingerprint density at radius 3 is 2.56 bits per heavy atom. The second kappa shape index (κ2) is 5.59. The average Bonchev–Trinajstić information content (AvgIpc) is 2.18. The Morgan fingerprint density at radius 2 is 2.06 bits per heavy atom. The van der Waals surface area contributed by atoms with Crippen molar-refractivity contribution in [2.24, 2.45) is 11.8 Å². The van der Waals surface area contributed by atoms with Crippen LogP contribution in [0.1, 0.15) is 41.0 Å². The zero-order valence-electron chi connectivity index (χ0n) is 11.8. The maximum absolute atomic E-state index is 11.6. The maximum atomic E-state index is 11.6. The van der Waals surface area contributed by atoms with Gasteiger partial charge in [-0.05, 0) is 39.0 Å². The molecule has 104 valence electrons. The van der Waals surface area contributed by atoms with Crippen LogP contribution < -0.4 is 5.32 Å². The highest BCUT2D eigenvalue weighted by Gasteiger charge is 2.33. The molecular weight excluding hydrogens is 234 g/mol. The SMILES string of the molecule is CC(C)[C@H]1COC(=O)[C@@H](NC(=O)OC(C)(C)C)C1. The number of amides is 1. The molecule has 1 heterocycles. The number of rotatable bonds is 2. The highest BCUT2D eigenvalue weighted by molar-refractivity contribution is 5.81. The van der Waals surface area contributed by atoms with Crippen molar-refractivity contribution in [2.45, 2.75) is 52.7 Å². The van der Waals surface area contributed by atoms with Crippen molar-refractivity contribution in [3.63, 3.8) is 0 Å². The maximum Gasteiger partial charge on any atom is 0.408 e. The molecular formula is C13H23NO4. The van der Waals surface area contributed by atoms with E-state index in [1.807, 2.05) is 0 Å². The van der Waals surface area contributed by atoms with E-state index in [0.29, 0.717) is 18.9 Å². The smallest absolute Gasteiger partial charge is 0.408 e. The molecule has 1 fully saturated rings. The standard InChI is InChI=1S/C13H23NO4/c1-8(2)9-6-10(11(15)17-7-9)14-12(16)18-13(3,4)5/h8-10H,6-7H2,1-5H3,(H,14,16)/t9-,10+/m1/s1. The first-order chi connectivity index (χ1) is 8.19. The van der Waals surface area contributed by atoms with Crippen molar-refractivity contribution in [3.8, 4) is 0 Å². The summed E-state index contributed by atoms with van der Waals surface area (Å²) in [4.78, 5) is 23.2. The van der Waals surface area contributed by atoms with Gasteiger partial charge in [-0.15, -0.1) is 0 Å². The van der Waals surface area contributed by atoms with Gasteiger partial charge in [0.2, 0.25) is 0 Å². The van der Waals surface area contributed by atoms with Gasteiger partial charge in [0, 0.05) is 0 Å². The van der Waals surface area contributed by atoms with Crippen LogP contribution >= 0.6 is 0 Å². The van der Waals surface area contributed by atoms with E-state index in [0.717, 1.165) is 0 Å². The van der Waals surface area contributed by atoms with E-state index in [4.69, 9.17) is 9.47 Å². The molecule has 1 aliphatic rings. The van der Waals surface area contributed by atoms with Gasteiger partial charge in [0.1, 0.15) is 11.6 Å². The van der Waals surface area contributed by atoms with Gasteiger partial charge in [-0.2, -0.15) is 0 Å². The number of alkyl carbamates (subject to hydrolysis) is 1. The van der Waals surface area contributed by atoms with Gasteiger partial charge in [-0.3, -0.25) is 0 Å². The summed E-state index contributed by atoms with van der Waals surface area (Å²) in [5, 5.41) is 2.57.